The van der Waals surface area contributed by atoms with Crippen LogP contribution in [0, 0.1) is 0 Å². The third-order valence-electron chi connectivity index (χ3n) is 2.99. The molecule has 0 amide bonds. The number of thioether (sulfide) groups is 1. The van der Waals surface area contributed by atoms with Gasteiger partial charge in [-0.2, -0.15) is 11.8 Å². The van der Waals surface area contributed by atoms with Gasteiger partial charge in [0.1, 0.15) is 11.3 Å². The summed E-state index contributed by atoms with van der Waals surface area (Å²) in [6, 6.07) is 2.03. The van der Waals surface area contributed by atoms with Gasteiger partial charge >= 0.3 is 0 Å². The molecule has 0 aliphatic heterocycles. The fourth-order valence-corrected chi connectivity index (χ4v) is 2.61. The average Bonchev–Trinajstić information content (AvgIpc) is 2.76. The second kappa shape index (κ2) is 6.20. The van der Waals surface area contributed by atoms with Crippen molar-refractivity contribution in [2.75, 3.05) is 12.0 Å². The van der Waals surface area contributed by atoms with Crippen molar-refractivity contribution in [1.29, 1.82) is 0 Å². The highest BCUT2D eigenvalue weighted by Crippen LogP contribution is 2.22. The van der Waals surface area contributed by atoms with E-state index >= 15 is 0 Å². The molecule has 0 bridgehead atoms. The number of rotatable bonds is 6. The zero-order valence-electron chi connectivity index (χ0n) is 11.0. The fourth-order valence-electron chi connectivity index (χ4n) is 2.12. The van der Waals surface area contributed by atoms with Crippen LogP contribution in [0.1, 0.15) is 31.6 Å². The van der Waals surface area contributed by atoms with Gasteiger partial charge in [-0.1, -0.05) is 6.92 Å². The molecule has 4 nitrogen and oxygen atoms in total. The SMILES string of the molecule is CCCn1c(C(N)CCSC)nc2cnccc21. The highest BCUT2D eigenvalue weighted by atomic mass is 32.2. The first-order chi connectivity index (χ1) is 8.77. The Kier molecular flexibility index (Phi) is 4.60. The lowest BCUT2D eigenvalue weighted by Crippen LogP contribution is -2.17. The van der Waals surface area contributed by atoms with Crippen molar-refractivity contribution in [3.8, 4) is 0 Å². The minimum atomic E-state index is 0.0106. The predicted molar refractivity (Wildman–Crippen MR) is 77.7 cm³/mol. The number of imidazole rings is 1. The van der Waals surface area contributed by atoms with Gasteiger partial charge in [0, 0.05) is 12.7 Å². The molecule has 18 heavy (non-hydrogen) atoms. The number of nitrogens with zero attached hydrogens (tertiary/aromatic N) is 3. The van der Waals surface area contributed by atoms with Crippen molar-refractivity contribution in [3.63, 3.8) is 0 Å². The number of pyridine rings is 1. The van der Waals surface area contributed by atoms with Crippen molar-refractivity contribution in [2.24, 2.45) is 5.73 Å². The molecule has 0 aromatic carbocycles. The summed E-state index contributed by atoms with van der Waals surface area (Å²) in [6.45, 7) is 3.13. The molecule has 98 valence electrons. The van der Waals surface area contributed by atoms with Gasteiger partial charge in [0.15, 0.2) is 0 Å². The lowest BCUT2D eigenvalue weighted by Gasteiger charge is -2.13. The van der Waals surface area contributed by atoms with E-state index in [1.54, 1.807) is 0 Å². The molecule has 0 radical (unpaired) electrons. The van der Waals surface area contributed by atoms with Crippen molar-refractivity contribution in [3.05, 3.63) is 24.3 Å². The van der Waals surface area contributed by atoms with E-state index in [1.807, 2.05) is 30.2 Å². The highest BCUT2D eigenvalue weighted by molar-refractivity contribution is 7.98. The van der Waals surface area contributed by atoms with Crippen LogP contribution in [0.2, 0.25) is 0 Å². The molecule has 2 rings (SSSR count). The maximum atomic E-state index is 6.26. The van der Waals surface area contributed by atoms with Crippen LogP contribution >= 0.6 is 11.8 Å². The van der Waals surface area contributed by atoms with Crippen LogP contribution in [0.4, 0.5) is 0 Å². The van der Waals surface area contributed by atoms with Crippen molar-refractivity contribution in [1.82, 2.24) is 14.5 Å². The lowest BCUT2D eigenvalue weighted by atomic mass is 10.2. The summed E-state index contributed by atoms with van der Waals surface area (Å²) in [7, 11) is 0. The van der Waals surface area contributed by atoms with Gasteiger partial charge in [-0.15, -0.1) is 0 Å². The molecule has 0 spiro atoms. The molecule has 1 atom stereocenters. The van der Waals surface area contributed by atoms with Crippen LogP contribution in [-0.4, -0.2) is 26.5 Å². The van der Waals surface area contributed by atoms with Gasteiger partial charge in [0.05, 0.1) is 17.8 Å². The van der Waals surface area contributed by atoms with Gasteiger partial charge in [-0.3, -0.25) is 4.98 Å². The molecular formula is C13H20N4S. The Hall–Kier alpha value is -1.07. The van der Waals surface area contributed by atoms with Crippen LogP contribution in [0.5, 0.6) is 0 Å². The Morgan fingerprint density at radius 1 is 1.50 bits per heavy atom. The first-order valence-electron chi connectivity index (χ1n) is 6.32. The molecule has 0 saturated heterocycles. The van der Waals surface area contributed by atoms with E-state index in [9.17, 15) is 0 Å². The van der Waals surface area contributed by atoms with Gasteiger partial charge in [0.25, 0.3) is 0 Å². The molecule has 2 N–H and O–H groups in total. The van der Waals surface area contributed by atoms with Crippen molar-refractivity contribution >= 4 is 22.8 Å². The van der Waals surface area contributed by atoms with Gasteiger partial charge in [-0.25, -0.2) is 4.98 Å². The topological polar surface area (TPSA) is 56.7 Å². The standard InChI is InChI=1S/C13H20N4S/c1-3-7-17-12-4-6-15-9-11(12)16-13(17)10(14)5-8-18-2/h4,6,9-10H,3,5,7-8,14H2,1-2H3. The second-order valence-electron chi connectivity index (χ2n) is 4.37. The summed E-state index contributed by atoms with van der Waals surface area (Å²) in [5, 5.41) is 0. The summed E-state index contributed by atoms with van der Waals surface area (Å²) in [4.78, 5) is 8.78. The van der Waals surface area contributed by atoms with E-state index in [-0.39, 0.29) is 6.04 Å². The first kappa shape index (κ1) is 13.4. The smallest absolute Gasteiger partial charge is 0.126 e. The maximum Gasteiger partial charge on any atom is 0.126 e. The molecule has 0 aliphatic rings. The first-order valence-corrected chi connectivity index (χ1v) is 7.72. The summed E-state index contributed by atoms with van der Waals surface area (Å²) in [5.74, 6) is 2.06. The summed E-state index contributed by atoms with van der Waals surface area (Å²) in [6.07, 6.45) is 7.77. The predicted octanol–water partition coefficient (Wildman–Crippen LogP) is 2.59. The minimum Gasteiger partial charge on any atom is -0.327 e. The molecule has 0 aliphatic carbocycles. The Labute approximate surface area is 112 Å². The Morgan fingerprint density at radius 3 is 3.06 bits per heavy atom. The molecule has 2 aromatic rings. The normalized spacial score (nSPS) is 13.1. The average molecular weight is 264 g/mol. The van der Waals surface area contributed by atoms with Crippen LogP contribution in [0.3, 0.4) is 0 Å². The van der Waals surface area contributed by atoms with E-state index in [2.05, 4.69) is 27.7 Å². The fraction of sp³-hybridized carbons (Fsp3) is 0.538. The number of aromatic nitrogens is 3. The molecule has 2 heterocycles. The van der Waals surface area contributed by atoms with E-state index in [1.165, 1.54) is 0 Å². The quantitative estimate of drug-likeness (QED) is 0.871. The Bertz CT molecular complexity index is 509. The molecule has 5 heteroatoms. The molecular weight excluding hydrogens is 244 g/mol. The molecule has 2 aromatic heterocycles. The zero-order valence-corrected chi connectivity index (χ0v) is 11.8. The summed E-state index contributed by atoms with van der Waals surface area (Å²) >= 11 is 1.82. The highest BCUT2D eigenvalue weighted by Gasteiger charge is 2.16. The number of hydrogen-bond acceptors (Lipinski definition) is 4. The molecule has 1 unspecified atom stereocenters. The van der Waals surface area contributed by atoms with E-state index < -0.39 is 0 Å². The number of hydrogen-bond donors (Lipinski definition) is 1. The summed E-state index contributed by atoms with van der Waals surface area (Å²) in [5.41, 5.74) is 8.34. The minimum absolute atomic E-state index is 0.0106. The van der Waals surface area contributed by atoms with Gasteiger partial charge in [-0.05, 0) is 30.9 Å². The summed E-state index contributed by atoms with van der Waals surface area (Å²) < 4.78 is 2.24. The van der Waals surface area contributed by atoms with E-state index in [0.717, 1.165) is 42.0 Å². The van der Waals surface area contributed by atoms with Crippen LogP contribution in [-0.2, 0) is 6.54 Å². The third kappa shape index (κ3) is 2.67. The van der Waals surface area contributed by atoms with Crippen LogP contribution in [0.15, 0.2) is 18.5 Å². The monoisotopic (exact) mass is 264 g/mol. The number of fused-ring (bicyclic) bond motifs is 1. The largest absolute Gasteiger partial charge is 0.327 e. The number of nitrogens with two attached hydrogens (primary N) is 1. The van der Waals surface area contributed by atoms with E-state index in [4.69, 9.17) is 5.73 Å². The maximum absolute atomic E-state index is 6.26. The van der Waals surface area contributed by atoms with Crippen LogP contribution < -0.4 is 5.73 Å². The van der Waals surface area contributed by atoms with Gasteiger partial charge < -0.3 is 10.3 Å². The Morgan fingerprint density at radius 2 is 2.33 bits per heavy atom. The third-order valence-corrected chi connectivity index (χ3v) is 3.64. The number of aryl methyl sites for hydroxylation is 1. The zero-order chi connectivity index (χ0) is 13.0. The molecule has 0 fully saturated rings. The van der Waals surface area contributed by atoms with Crippen molar-refractivity contribution in [2.45, 2.75) is 32.4 Å². The van der Waals surface area contributed by atoms with Crippen LogP contribution in [0.25, 0.3) is 11.0 Å². The molecule has 0 saturated carbocycles. The van der Waals surface area contributed by atoms with Gasteiger partial charge in [0.2, 0.25) is 0 Å². The lowest BCUT2D eigenvalue weighted by molar-refractivity contribution is 0.578. The van der Waals surface area contributed by atoms with E-state index in [0.29, 0.717) is 0 Å². The Balaban J connectivity index is 2.38. The second-order valence-corrected chi connectivity index (χ2v) is 5.36. The van der Waals surface area contributed by atoms with Crippen molar-refractivity contribution < 1.29 is 0 Å².